The first-order valence-corrected chi connectivity index (χ1v) is 10.0. The molecular weight excluding hydrogens is 377 g/mol. The molecule has 1 aromatic heterocycles. The number of rotatable bonds is 7. The Balaban J connectivity index is 1.61. The molecule has 28 heavy (non-hydrogen) atoms. The molecule has 0 aliphatic rings. The highest BCUT2D eigenvalue weighted by molar-refractivity contribution is 7.99. The number of halogens is 1. The molecule has 2 aromatic carbocycles. The molecule has 0 aliphatic heterocycles. The summed E-state index contributed by atoms with van der Waals surface area (Å²) in [6.45, 7) is 6.24. The standard InChI is InChI=1S/C21H24FN3O2S/c1-13-9-10-14(2)19(15(13)3)27-11-16(26)12-28-21-24-23-20(25(21)4)17-7-5-6-8-18(17)22/h5-10,16,26H,11-12H2,1-4H3/t16-/m0/s1. The van der Waals surface area contributed by atoms with Gasteiger partial charge in [-0.3, -0.25) is 0 Å². The summed E-state index contributed by atoms with van der Waals surface area (Å²) in [4.78, 5) is 0. The van der Waals surface area contributed by atoms with Crippen LogP contribution in [-0.4, -0.2) is 38.3 Å². The molecule has 0 bridgehead atoms. The lowest BCUT2D eigenvalue weighted by atomic mass is 10.1. The largest absolute Gasteiger partial charge is 0.490 e. The predicted octanol–water partition coefficient (Wildman–Crippen LogP) is 4.08. The van der Waals surface area contributed by atoms with Crippen LogP contribution in [0.1, 0.15) is 16.7 Å². The normalized spacial score (nSPS) is 12.2. The Kier molecular flexibility index (Phi) is 6.36. The van der Waals surface area contributed by atoms with Crippen LogP contribution in [0.5, 0.6) is 5.75 Å². The van der Waals surface area contributed by atoms with Crippen molar-refractivity contribution in [3.05, 3.63) is 58.9 Å². The van der Waals surface area contributed by atoms with Gasteiger partial charge in [-0.25, -0.2) is 4.39 Å². The zero-order chi connectivity index (χ0) is 20.3. The Morgan fingerprint density at radius 3 is 2.57 bits per heavy atom. The van der Waals surface area contributed by atoms with E-state index < -0.39 is 6.10 Å². The van der Waals surface area contributed by atoms with Crippen molar-refractivity contribution in [1.29, 1.82) is 0 Å². The van der Waals surface area contributed by atoms with Gasteiger partial charge in [0.15, 0.2) is 11.0 Å². The Morgan fingerprint density at radius 2 is 1.82 bits per heavy atom. The van der Waals surface area contributed by atoms with Crippen molar-refractivity contribution in [2.45, 2.75) is 32.0 Å². The summed E-state index contributed by atoms with van der Waals surface area (Å²) in [6, 6.07) is 10.5. The van der Waals surface area contributed by atoms with Crippen LogP contribution in [0.4, 0.5) is 4.39 Å². The van der Waals surface area contributed by atoms with Crippen molar-refractivity contribution in [2.75, 3.05) is 12.4 Å². The van der Waals surface area contributed by atoms with Crippen molar-refractivity contribution in [2.24, 2.45) is 7.05 Å². The van der Waals surface area contributed by atoms with E-state index in [2.05, 4.69) is 16.3 Å². The average Bonchev–Trinajstić information content (AvgIpc) is 3.04. The Morgan fingerprint density at radius 1 is 1.11 bits per heavy atom. The molecule has 0 spiro atoms. The Labute approximate surface area is 168 Å². The molecule has 0 aliphatic carbocycles. The maximum atomic E-state index is 14.0. The molecule has 0 unspecified atom stereocenters. The van der Waals surface area contributed by atoms with E-state index in [4.69, 9.17) is 4.74 Å². The number of nitrogens with zero attached hydrogens (tertiary/aromatic N) is 3. The third-order valence-corrected chi connectivity index (χ3v) is 5.81. The van der Waals surface area contributed by atoms with Gasteiger partial charge < -0.3 is 14.4 Å². The minimum atomic E-state index is -0.669. The van der Waals surface area contributed by atoms with E-state index >= 15 is 0 Å². The van der Waals surface area contributed by atoms with Gasteiger partial charge in [0, 0.05) is 12.8 Å². The lowest BCUT2D eigenvalue weighted by Crippen LogP contribution is -2.21. The summed E-state index contributed by atoms with van der Waals surface area (Å²) in [5, 5.41) is 19.1. The van der Waals surface area contributed by atoms with Gasteiger partial charge in [0.05, 0.1) is 11.7 Å². The van der Waals surface area contributed by atoms with Gasteiger partial charge in [-0.2, -0.15) is 0 Å². The van der Waals surface area contributed by atoms with E-state index in [0.29, 0.717) is 22.3 Å². The minimum absolute atomic E-state index is 0.191. The van der Waals surface area contributed by atoms with E-state index in [1.165, 1.54) is 17.8 Å². The van der Waals surface area contributed by atoms with Crippen LogP contribution in [0.25, 0.3) is 11.4 Å². The third-order valence-electron chi connectivity index (χ3n) is 4.65. The van der Waals surface area contributed by atoms with Crippen molar-refractivity contribution >= 4 is 11.8 Å². The number of aliphatic hydroxyl groups is 1. The third kappa shape index (κ3) is 4.36. The fourth-order valence-electron chi connectivity index (χ4n) is 2.86. The first kappa shape index (κ1) is 20.4. The van der Waals surface area contributed by atoms with Gasteiger partial charge >= 0.3 is 0 Å². The van der Waals surface area contributed by atoms with E-state index in [1.54, 1.807) is 29.8 Å². The van der Waals surface area contributed by atoms with Crippen LogP contribution < -0.4 is 4.74 Å². The summed E-state index contributed by atoms with van der Waals surface area (Å²) >= 11 is 1.36. The molecule has 1 N–H and O–H groups in total. The average molecular weight is 402 g/mol. The van der Waals surface area contributed by atoms with Crippen LogP contribution in [0.2, 0.25) is 0 Å². The van der Waals surface area contributed by atoms with E-state index in [0.717, 1.165) is 22.4 Å². The molecule has 7 heteroatoms. The number of aliphatic hydroxyl groups excluding tert-OH is 1. The number of hydrogen-bond donors (Lipinski definition) is 1. The first-order valence-electron chi connectivity index (χ1n) is 9.03. The highest BCUT2D eigenvalue weighted by Crippen LogP contribution is 2.27. The molecule has 0 fully saturated rings. The van der Waals surface area contributed by atoms with Crippen LogP contribution in [0, 0.1) is 26.6 Å². The lowest BCUT2D eigenvalue weighted by Gasteiger charge is -2.16. The summed E-state index contributed by atoms with van der Waals surface area (Å²) < 4.78 is 21.6. The van der Waals surface area contributed by atoms with Crippen molar-refractivity contribution in [3.63, 3.8) is 0 Å². The maximum absolute atomic E-state index is 14.0. The van der Waals surface area contributed by atoms with Crippen LogP contribution in [-0.2, 0) is 7.05 Å². The summed E-state index contributed by atoms with van der Waals surface area (Å²) in [5.41, 5.74) is 3.69. The highest BCUT2D eigenvalue weighted by Gasteiger charge is 2.16. The molecular formula is C21H24FN3O2S. The molecule has 1 heterocycles. The zero-order valence-corrected chi connectivity index (χ0v) is 17.3. The van der Waals surface area contributed by atoms with Gasteiger partial charge in [0.25, 0.3) is 0 Å². The van der Waals surface area contributed by atoms with Gasteiger partial charge in [-0.05, 0) is 49.6 Å². The Bertz CT molecular complexity index is 974. The fourth-order valence-corrected chi connectivity index (χ4v) is 3.68. The van der Waals surface area contributed by atoms with Crippen LogP contribution in [0.15, 0.2) is 41.6 Å². The number of hydrogen-bond acceptors (Lipinski definition) is 5. The number of benzene rings is 2. The van der Waals surface area contributed by atoms with E-state index in [1.807, 2.05) is 26.8 Å². The van der Waals surface area contributed by atoms with Gasteiger partial charge in [-0.15, -0.1) is 10.2 Å². The molecule has 0 radical (unpaired) electrons. The SMILES string of the molecule is Cc1ccc(C)c(OC[C@H](O)CSc2nnc(-c3ccccc3F)n2C)c1C. The molecule has 1 atom stereocenters. The maximum Gasteiger partial charge on any atom is 0.191 e. The minimum Gasteiger partial charge on any atom is -0.490 e. The van der Waals surface area contributed by atoms with Gasteiger partial charge in [0.1, 0.15) is 18.2 Å². The molecule has 0 saturated carbocycles. The summed E-state index contributed by atoms with van der Waals surface area (Å²) in [7, 11) is 1.78. The molecule has 5 nitrogen and oxygen atoms in total. The van der Waals surface area contributed by atoms with Gasteiger partial charge in [0.2, 0.25) is 0 Å². The predicted molar refractivity (Wildman–Crippen MR) is 109 cm³/mol. The number of thioether (sulfide) groups is 1. The zero-order valence-electron chi connectivity index (χ0n) is 16.4. The molecule has 3 rings (SSSR count). The molecule has 0 saturated heterocycles. The topological polar surface area (TPSA) is 60.2 Å². The second-order valence-corrected chi connectivity index (χ2v) is 7.76. The van der Waals surface area contributed by atoms with Crippen molar-refractivity contribution in [3.8, 4) is 17.1 Å². The fraction of sp³-hybridized carbons (Fsp3) is 0.333. The molecule has 0 amide bonds. The highest BCUT2D eigenvalue weighted by atomic mass is 32.2. The number of aromatic nitrogens is 3. The van der Waals surface area contributed by atoms with Gasteiger partial charge in [-0.1, -0.05) is 36.0 Å². The molecule has 3 aromatic rings. The summed E-state index contributed by atoms with van der Waals surface area (Å²) in [6.07, 6.45) is -0.669. The second-order valence-electron chi connectivity index (χ2n) is 6.77. The van der Waals surface area contributed by atoms with Crippen molar-refractivity contribution < 1.29 is 14.2 Å². The smallest absolute Gasteiger partial charge is 0.191 e. The first-order chi connectivity index (χ1) is 13.4. The lowest BCUT2D eigenvalue weighted by molar-refractivity contribution is 0.125. The summed E-state index contributed by atoms with van der Waals surface area (Å²) in [5.74, 6) is 1.33. The van der Waals surface area contributed by atoms with Crippen molar-refractivity contribution in [1.82, 2.24) is 14.8 Å². The number of aryl methyl sites for hydroxylation is 2. The Hall–Kier alpha value is -2.38. The van der Waals surface area contributed by atoms with Crippen LogP contribution in [0.3, 0.4) is 0 Å². The molecule has 148 valence electrons. The monoisotopic (exact) mass is 401 g/mol. The number of ether oxygens (including phenoxy) is 1. The second kappa shape index (κ2) is 8.75. The van der Waals surface area contributed by atoms with Crippen LogP contribution >= 0.6 is 11.8 Å². The quantitative estimate of drug-likeness (QED) is 0.605. The van der Waals surface area contributed by atoms with E-state index in [9.17, 15) is 9.50 Å². The van der Waals surface area contributed by atoms with E-state index in [-0.39, 0.29) is 12.4 Å².